The second-order valence-electron chi connectivity index (χ2n) is 4.58. The summed E-state index contributed by atoms with van der Waals surface area (Å²) in [5.74, 6) is -0.236. The second kappa shape index (κ2) is 6.06. The first-order chi connectivity index (χ1) is 9.54. The molecule has 4 heteroatoms. The highest BCUT2D eigenvalue weighted by Crippen LogP contribution is 2.31. The number of nitrogens with zero attached hydrogens (tertiary/aromatic N) is 2. The molecule has 0 radical (unpaired) electrons. The molecular formula is C16H14BrFN2. The van der Waals surface area contributed by atoms with Gasteiger partial charge in [0.1, 0.15) is 11.9 Å². The lowest BCUT2D eigenvalue weighted by Crippen LogP contribution is -2.23. The second-order valence-corrected chi connectivity index (χ2v) is 5.50. The minimum absolute atomic E-state index is 0.169. The van der Waals surface area contributed by atoms with Crippen LogP contribution < -0.4 is 4.90 Å². The van der Waals surface area contributed by atoms with E-state index >= 15 is 0 Å². The summed E-state index contributed by atoms with van der Waals surface area (Å²) in [6, 6.07) is 14.1. The largest absolute Gasteiger partial charge is 0.367 e. The van der Waals surface area contributed by atoms with Crippen molar-refractivity contribution in [2.75, 3.05) is 11.9 Å². The Labute approximate surface area is 126 Å². The Balaban J connectivity index is 2.42. The Morgan fingerprint density at radius 3 is 2.60 bits per heavy atom. The molecule has 1 atom stereocenters. The standard InChI is InChI=1S/C16H14BrFN2/c1-11(14-5-3-4-6-15(14)18)20(2)16-9-13(17)8-7-12(16)10-19/h3-9,11H,1-2H3. The van der Waals surface area contributed by atoms with E-state index in [1.54, 1.807) is 18.2 Å². The summed E-state index contributed by atoms with van der Waals surface area (Å²) >= 11 is 3.40. The van der Waals surface area contributed by atoms with Gasteiger partial charge in [-0.15, -0.1) is 0 Å². The van der Waals surface area contributed by atoms with Gasteiger partial charge in [-0.05, 0) is 31.2 Å². The van der Waals surface area contributed by atoms with Crippen molar-refractivity contribution in [3.63, 3.8) is 0 Å². The first-order valence-corrected chi connectivity index (χ1v) is 7.00. The molecule has 2 aromatic carbocycles. The molecule has 0 heterocycles. The van der Waals surface area contributed by atoms with E-state index in [1.807, 2.05) is 37.1 Å². The van der Waals surface area contributed by atoms with Crippen LogP contribution in [0.25, 0.3) is 0 Å². The van der Waals surface area contributed by atoms with Crippen molar-refractivity contribution in [3.05, 3.63) is 63.9 Å². The molecule has 0 aliphatic heterocycles. The lowest BCUT2D eigenvalue weighted by Gasteiger charge is -2.28. The molecule has 0 bridgehead atoms. The molecule has 1 unspecified atom stereocenters. The summed E-state index contributed by atoms with van der Waals surface area (Å²) in [5, 5.41) is 9.20. The van der Waals surface area contributed by atoms with E-state index in [2.05, 4.69) is 22.0 Å². The quantitative estimate of drug-likeness (QED) is 0.817. The maximum absolute atomic E-state index is 13.9. The van der Waals surface area contributed by atoms with Crippen LogP contribution in [0.1, 0.15) is 24.1 Å². The van der Waals surface area contributed by atoms with Crippen LogP contribution in [-0.4, -0.2) is 7.05 Å². The van der Waals surface area contributed by atoms with Crippen molar-refractivity contribution in [2.24, 2.45) is 0 Å². The molecule has 0 amide bonds. The van der Waals surface area contributed by atoms with E-state index in [4.69, 9.17) is 0 Å². The van der Waals surface area contributed by atoms with Crippen molar-refractivity contribution in [1.29, 1.82) is 5.26 Å². The van der Waals surface area contributed by atoms with Crippen molar-refractivity contribution >= 4 is 21.6 Å². The fraction of sp³-hybridized carbons (Fsp3) is 0.188. The van der Waals surface area contributed by atoms with Gasteiger partial charge in [0.2, 0.25) is 0 Å². The van der Waals surface area contributed by atoms with Crippen LogP contribution in [0.2, 0.25) is 0 Å². The number of hydrogen-bond acceptors (Lipinski definition) is 2. The molecule has 0 spiro atoms. The predicted molar refractivity (Wildman–Crippen MR) is 82.1 cm³/mol. The summed E-state index contributed by atoms with van der Waals surface area (Å²) in [7, 11) is 1.86. The number of hydrogen-bond donors (Lipinski definition) is 0. The smallest absolute Gasteiger partial charge is 0.128 e. The van der Waals surface area contributed by atoms with Gasteiger partial charge in [0.25, 0.3) is 0 Å². The molecular weight excluding hydrogens is 319 g/mol. The number of anilines is 1. The molecule has 0 aromatic heterocycles. The van der Waals surface area contributed by atoms with E-state index in [1.165, 1.54) is 6.07 Å². The van der Waals surface area contributed by atoms with Crippen LogP contribution in [0.3, 0.4) is 0 Å². The third-order valence-corrected chi connectivity index (χ3v) is 3.89. The minimum atomic E-state index is -0.236. The van der Waals surface area contributed by atoms with Crippen molar-refractivity contribution < 1.29 is 4.39 Å². The van der Waals surface area contributed by atoms with Gasteiger partial charge in [-0.2, -0.15) is 5.26 Å². The topological polar surface area (TPSA) is 27.0 Å². The fourth-order valence-corrected chi connectivity index (χ4v) is 2.47. The van der Waals surface area contributed by atoms with Crippen molar-refractivity contribution in [3.8, 4) is 6.07 Å². The van der Waals surface area contributed by atoms with Crippen LogP contribution in [0.15, 0.2) is 46.9 Å². The highest BCUT2D eigenvalue weighted by atomic mass is 79.9. The maximum Gasteiger partial charge on any atom is 0.128 e. The number of halogens is 2. The zero-order valence-corrected chi connectivity index (χ0v) is 12.9. The summed E-state index contributed by atoms with van der Waals surface area (Å²) in [6.07, 6.45) is 0. The van der Waals surface area contributed by atoms with E-state index < -0.39 is 0 Å². The van der Waals surface area contributed by atoms with Crippen LogP contribution in [0.4, 0.5) is 10.1 Å². The van der Waals surface area contributed by atoms with Gasteiger partial charge >= 0.3 is 0 Å². The zero-order valence-electron chi connectivity index (χ0n) is 11.3. The number of benzene rings is 2. The van der Waals surface area contributed by atoms with Gasteiger partial charge in [0.05, 0.1) is 17.3 Å². The average Bonchev–Trinajstić information content (AvgIpc) is 2.46. The van der Waals surface area contributed by atoms with Crippen molar-refractivity contribution in [2.45, 2.75) is 13.0 Å². The average molecular weight is 333 g/mol. The van der Waals surface area contributed by atoms with Gasteiger partial charge < -0.3 is 4.90 Å². The van der Waals surface area contributed by atoms with E-state index in [9.17, 15) is 9.65 Å². The lowest BCUT2D eigenvalue weighted by molar-refractivity contribution is 0.585. The van der Waals surface area contributed by atoms with E-state index in [0.29, 0.717) is 11.1 Å². The van der Waals surface area contributed by atoms with E-state index in [0.717, 1.165) is 10.2 Å². The molecule has 102 valence electrons. The summed E-state index contributed by atoms with van der Waals surface area (Å²) in [5.41, 5.74) is 1.95. The van der Waals surface area contributed by atoms with Crippen LogP contribution in [0, 0.1) is 17.1 Å². The molecule has 2 rings (SSSR count). The third-order valence-electron chi connectivity index (χ3n) is 3.40. The normalized spacial score (nSPS) is 11.8. The molecule has 0 aliphatic rings. The Hall–Kier alpha value is -1.86. The van der Waals surface area contributed by atoms with Gasteiger partial charge in [-0.25, -0.2) is 4.39 Å². The van der Waals surface area contributed by atoms with Crippen LogP contribution in [0.5, 0.6) is 0 Å². The fourth-order valence-electron chi connectivity index (χ4n) is 2.12. The Morgan fingerprint density at radius 2 is 1.95 bits per heavy atom. The predicted octanol–water partition coefficient (Wildman–Crippen LogP) is 4.66. The molecule has 0 saturated carbocycles. The Morgan fingerprint density at radius 1 is 1.25 bits per heavy atom. The van der Waals surface area contributed by atoms with Gasteiger partial charge in [-0.3, -0.25) is 0 Å². The molecule has 0 fully saturated rings. The Bertz CT molecular complexity index is 664. The first-order valence-electron chi connectivity index (χ1n) is 6.21. The van der Waals surface area contributed by atoms with Gasteiger partial charge in [0.15, 0.2) is 0 Å². The molecule has 20 heavy (non-hydrogen) atoms. The monoisotopic (exact) mass is 332 g/mol. The minimum Gasteiger partial charge on any atom is -0.367 e. The summed E-state index contributed by atoms with van der Waals surface area (Å²) in [6.45, 7) is 1.92. The SMILES string of the molecule is CC(c1ccccc1F)N(C)c1cc(Br)ccc1C#N. The molecule has 0 aliphatic carbocycles. The molecule has 0 N–H and O–H groups in total. The number of nitriles is 1. The molecule has 2 aromatic rings. The van der Waals surface area contributed by atoms with Crippen LogP contribution >= 0.6 is 15.9 Å². The van der Waals surface area contributed by atoms with Gasteiger partial charge in [-0.1, -0.05) is 34.1 Å². The Kier molecular flexibility index (Phi) is 4.41. The summed E-state index contributed by atoms with van der Waals surface area (Å²) in [4.78, 5) is 1.90. The van der Waals surface area contributed by atoms with Gasteiger partial charge in [0, 0.05) is 17.1 Å². The maximum atomic E-state index is 13.9. The molecule has 2 nitrogen and oxygen atoms in total. The lowest BCUT2D eigenvalue weighted by atomic mass is 10.0. The highest BCUT2D eigenvalue weighted by molar-refractivity contribution is 9.10. The first kappa shape index (κ1) is 14.5. The molecule has 0 saturated heterocycles. The third kappa shape index (κ3) is 2.83. The zero-order chi connectivity index (χ0) is 14.7. The number of rotatable bonds is 3. The van der Waals surface area contributed by atoms with Crippen LogP contribution in [-0.2, 0) is 0 Å². The van der Waals surface area contributed by atoms with Crippen molar-refractivity contribution in [1.82, 2.24) is 0 Å². The van der Waals surface area contributed by atoms with E-state index in [-0.39, 0.29) is 11.9 Å². The highest BCUT2D eigenvalue weighted by Gasteiger charge is 2.18. The summed E-state index contributed by atoms with van der Waals surface area (Å²) < 4.78 is 14.8.